The Labute approximate surface area is 227 Å². The minimum absolute atomic E-state index is 0.152. The van der Waals surface area contributed by atoms with Crippen molar-refractivity contribution in [1.29, 1.82) is 0 Å². The minimum atomic E-state index is -0.275. The van der Waals surface area contributed by atoms with Gasteiger partial charge in [-0.05, 0) is 68.6 Å². The predicted octanol–water partition coefficient (Wildman–Crippen LogP) is 8.68. The molecule has 0 aliphatic heterocycles. The molecule has 1 N–H and O–H groups in total. The molecule has 2 aromatic rings. The van der Waals surface area contributed by atoms with Gasteiger partial charge in [-0.1, -0.05) is 78.5 Å². The molecule has 0 radical (unpaired) electrons. The standard InChI is InChI=1S/C18H23N3O2.C8H16.C4H8.C2H6/c1-12(22)9-18(3,4)14-7-6-8-15(13(14)2)20-17(23)16-10-19-11-21(16)5;1-7-4-3-5-8(2)6-7;1-4(2)3;1-2/h6-8,10-11H,9H2,1-5H3,(H,20,23);7-8H,3-6H2,1-2H3;1H2,2-3H3;1-2H3. The number of nitrogens with zero attached hydrogens (tertiary/aromatic N) is 2. The number of hydrogen-bond donors (Lipinski definition) is 1. The van der Waals surface area contributed by atoms with E-state index in [0.717, 1.165) is 28.7 Å². The molecule has 1 heterocycles. The molecule has 0 saturated heterocycles. The second kappa shape index (κ2) is 16.9. The van der Waals surface area contributed by atoms with Gasteiger partial charge in [0.2, 0.25) is 0 Å². The average molecular weight is 512 g/mol. The Kier molecular flexibility index (Phi) is 15.7. The van der Waals surface area contributed by atoms with E-state index in [0.29, 0.717) is 12.1 Å². The Morgan fingerprint density at radius 2 is 1.65 bits per heavy atom. The summed E-state index contributed by atoms with van der Waals surface area (Å²) >= 11 is 0. The van der Waals surface area contributed by atoms with E-state index >= 15 is 0 Å². The Balaban J connectivity index is 0.000000759. The zero-order valence-electron chi connectivity index (χ0n) is 25.5. The summed E-state index contributed by atoms with van der Waals surface area (Å²) < 4.78 is 1.67. The van der Waals surface area contributed by atoms with E-state index < -0.39 is 0 Å². The van der Waals surface area contributed by atoms with E-state index in [-0.39, 0.29) is 17.1 Å². The number of carbonyl (C=O) groups excluding carboxylic acids is 2. The molecule has 1 amide bonds. The lowest BCUT2D eigenvalue weighted by Gasteiger charge is -2.27. The van der Waals surface area contributed by atoms with Crippen LogP contribution < -0.4 is 5.32 Å². The number of anilines is 1. The predicted molar refractivity (Wildman–Crippen MR) is 159 cm³/mol. The van der Waals surface area contributed by atoms with Crippen molar-refractivity contribution in [3.8, 4) is 0 Å². The first kappa shape index (κ1) is 34.3. The van der Waals surface area contributed by atoms with E-state index in [1.807, 2.05) is 66.7 Å². The van der Waals surface area contributed by atoms with Gasteiger partial charge in [0.1, 0.15) is 11.5 Å². The number of hydrogen-bond acceptors (Lipinski definition) is 3. The van der Waals surface area contributed by atoms with Crippen LogP contribution in [0.3, 0.4) is 0 Å². The van der Waals surface area contributed by atoms with Gasteiger partial charge in [-0.3, -0.25) is 9.59 Å². The van der Waals surface area contributed by atoms with E-state index in [2.05, 4.69) is 30.7 Å². The molecular weight excluding hydrogens is 458 g/mol. The minimum Gasteiger partial charge on any atom is -0.330 e. The molecule has 2 unspecified atom stereocenters. The van der Waals surface area contributed by atoms with Gasteiger partial charge in [0.25, 0.3) is 5.91 Å². The van der Waals surface area contributed by atoms with Gasteiger partial charge in [-0.2, -0.15) is 0 Å². The van der Waals surface area contributed by atoms with E-state index in [1.54, 1.807) is 24.9 Å². The number of aryl methyl sites for hydroxylation is 1. The molecule has 5 nitrogen and oxygen atoms in total. The average Bonchev–Trinajstić information content (AvgIpc) is 3.21. The van der Waals surface area contributed by atoms with E-state index in [9.17, 15) is 9.59 Å². The highest BCUT2D eigenvalue weighted by Crippen LogP contribution is 2.33. The summed E-state index contributed by atoms with van der Waals surface area (Å²) in [6, 6.07) is 5.79. The molecule has 0 bridgehead atoms. The molecular formula is C32H53N3O2. The summed E-state index contributed by atoms with van der Waals surface area (Å²) in [5.74, 6) is 1.98. The van der Waals surface area contributed by atoms with Crippen LogP contribution in [0.4, 0.5) is 5.69 Å². The molecule has 37 heavy (non-hydrogen) atoms. The summed E-state index contributed by atoms with van der Waals surface area (Å²) in [5, 5.41) is 2.93. The van der Waals surface area contributed by atoms with Crippen LogP contribution in [0.2, 0.25) is 0 Å². The number of nitrogens with one attached hydrogen (secondary N) is 1. The second-order valence-electron chi connectivity index (χ2n) is 11.2. The third-order valence-corrected chi connectivity index (χ3v) is 6.25. The first-order valence-corrected chi connectivity index (χ1v) is 13.7. The fourth-order valence-corrected chi connectivity index (χ4v) is 4.72. The Bertz CT molecular complexity index is 976. The third-order valence-electron chi connectivity index (χ3n) is 6.25. The van der Waals surface area contributed by atoms with Crippen LogP contribution in [0, 0.1) is 18.8 Å². The monoisotopic (exact) mass is 511 g/mol. The lowest BCUT2D eigenvalue weighted by molar-refractivity contribution is -0.118. The lowest BCUT2D eigenvalue weighted by atomic mass is 9.78. The molecule has 208 valence electrons. The highest BCUT2D eigenvalue weighted by Gasteiger charge is 2.25. The SMILES string of the molecule is C=C(C)C.CC.CC(=O)CC(C)(C)c1cccc(NC(=O)c2cncn2C)c1C.CC1CCCC(C)C1. The summed E-state index contributed by atoms with van der Waals surface area (Å²) in [6.45, 7) is 23.9. The Morgan fingerprint density at radius 1 is 1.11 bits per heavy atom. The van der Waals surface area contributed by atoms with Gasteiger partial charge in [0.15, 0.2) is 0 Å². The van der Waals surface area contributed by atoms with Crippen molar-refractivity contribution in [3.05, 3.63) is 59.7 Å². The van der Waals surface area contributed by atoms with Crippen molar-refractivity contribution in [1.82, 2.24) is 9.55 Å². The van der Waals surface area contributed by atoms with Crippen molar-refractivity contribution in [3.63, 3.8) is 0 Å². The topological polar surface area (TPSA) is 64.0 Å². The van der Waals surface area contributed by atoms with Gasteiger partial charge < -0.3 is 9.88 Å². The summed E-state index contributed by atoms with van der Waals surface area (Å²) in [5.41, 5.74) is 4.19. The fourth-order valence-electron chi connectivity index (χ4n) is 4.72. The van der Waals surface area contributed by atoms with Crippen molar-refractivity contribution in [2.24, 2.45) is 18.9 Å². The molecule has 1 fully saturated rings. The molecule has 3 rings (SSSR count). The quantitative estimate of drug-likeness (QED) is 0.408. The largest absolute Gasteiger partial charge is 0.330 e. The zero-order valence-corrected chi connectivity index (χ0v) is 25.5. The number of carbonyl (C=O) groups is 2. The summed E-state index contributed by atoms with van der Waals surface area (Å²) in [6.07, 6.45) is 9.49. The Morgan fingerprint density at radius 3 is 2.05 bits per heavy atom. The second-order valence-corrected chi connectivity index (χ2v) is 11.2. The van der Waals surface area contributed by atoms with Crippen molar-refractivity contribution in [2.45, 2.75) is 107 Å². The van der Waals surface area contributed by atoms with Crippen LogP contribution in [0.25, 0.3) is 0 Å². The number of ketones is 1. The highest BCUT2D eigenvalue weighted by atomic mass is 16.2. The Hall–Kier alpha value is -2.69. The van der Waals surface area contributed by atoms with Crippen LogP contribution in [0.15, 0.2) is 42.9 Å². The van der Waals surface area contributed by atoms with Gasteiger partial charge in [0, 0.05) is 19.2 Å². The van der Waals surface area contributed by atoms with Gasteiger partial charge in [-0.25, -0.2) is 4.98 Å². The van der Waals surface area contributed by atoms with Crippen molar-refractivity contribution in [2.75, 3.05) is 5.32 Å². The molecule has 1 aromatic heterocycles. The number of amides is 1. The smallest absolute Gasteiger partial charge is 0.273 e. The van der Waals surface area contributed by atoms with Gasteiger partial charge in [0.05, 0.1) is 12.5 Å². The number of benzene rings is 1. The van der Waals surface area contributed by atoms with Gasteiger partial charge in [-0.15, -0.1) is 6.58 Å². The molecule has 1 aromatic carbocycles. The van der Waals surface area contributed by atoms with Crippen LogP contribution in [-0.4, -0.2) is 21.2 Å². The van der Waals surface area contributed by atoms with Crippen LogP contribution in [0.1, 0.15) is 116 Å². The van der Waals surface area contributed by atoms with Crippen molar-refractivity contribution < 1.29 is 9.59 Å². The number of rotatable bonds is 5. The van der Waals surface area contributed by atoms with E-state index in [1.165, 1.54) is 37.5 Å². The molecule has 5 heteroatoms. The maximum absolute atomic E-state index is 12.4. The fraction of sp³-hybridized carbons (Fsp3) is 0.594. The zero-order chi connectivity index (χ0) is 28.8. The summed E-state index contributed by atoms with van der Waals surface area (Å²) in [7, 11) is 1.78. The van der Waals surface area contributed by atoms with Crippen molar-refractivity contribution >= 4 is 17.4 Å². The normalized spacial score (nSPS) is 16.5. The highest BCUT2D eigenvalue weighted by molar-refractivity contribution is 6.03. The maximum Gasteiger partial charge on any atom is 0.273 e. The first-order chi connectivity index (χ1) is 17.2. The number of allylic oxidation sites excluding steroid dienone is 1. The number of Topliss-reactive ketones (excluding diaryl/α,β-unsaturated/α-hetero) is 1. The molecule has 1 aliphatic carbocycles. The van der Waals surface area contributed by atoms with E-state index in [4.69, 9.17) is 0 Å². The molecule has 1 aliphatic rings. The number of imidazole rings is 1. The van der Waals surface area contributed by atoms with Crippen LogP contribution in [-0.2, 0) is 17.3 Å². The summed E-state index contributed by atoms with van der Waals surface area (Å²) in [4.78, 5) is 27.8. The molecule has 0 spiro atoms. The third kappa shape index (κ3) is 12.9. The lowest BCUT2D eigenvalue weighted by Crippen LogP contribution is -2.23. The first-order valence-electron chi connectivity index (χ1n) is 13.7. The molecule has 1 saturated carbocycles. The number of aromatic nitrogens is 2. The van der Waals surface area contributed by atoms with Gasteiger partial charge >= 0.3 is 0 Å². The van der Waals surface area contributed by atoms with Crippen LogP contribution >= 0.6 is 0 Å². The molecule has 2 atom stereocenters. The van der Waals surface area contributed by atoms with Crippen LogP contribution in [0.5, 0.6) is 0 Å². The maximum atomic E-state index is 12.4.